The Kier molecular flexibility index (Phi) is 7.84. The van der Waals surface area contributed by atoms with E-state index in [0.717, 1.165) is 31.3 Å². The summed E-state index contributed by atoms with van der Waals surface area (Å²) in [5.41, 5.74) is 3.94. The van der Waals surface area contributed by atoms with Gasteiger partial charge in [0.05, 0.1) is 25.7 Å². The molecule has 236 valence electrons. The number of hydrogen-bond acceptors (Lipinski definition) is 7. The molecule has 3 N–H and O–H groups in total. The number of rotatable bonds is 7. The highest BCUT2D eigenvalue weighted by Crippen LogP contribution is 2.74. The predicted octanol–water partition coefficient (Wildman–Crippen LogP) is 5.03. The predicted molar refractivity (Wildman–Crippen MR) is 158 cm³/mol. The fraction of sp³-hybridized carbons (Fsp3) is 0.853. The molecule has 1 aliphatic heterocycles. The van der Waals surface area contributed by atoms with Crippen molar-refractivity contribution in [1.29, 1.82) is 0 Å². The number of hydrogen-bond donors (Lipinski definition) is 2. The Hall–Kier alpha value is -1.77. The lowest BCUT2D eigenvalue weighted by Crippen LogP contribution is -2.71. The highest BCUT2D eigenvalue weighted by molar-refractivity contribution is 6.00. The smallest absolute Gasteiger partial charge is 0.308 e. The molecule has 0 amide bonds. The number of allylic oxidation sites excluding steroid dienone is 1. The van der Waals surface area contributed by atoms with Crippen molar-refractivity contribution in [1.82, 2.24) is 0 Å². The minimum Gasteiger partial charge on any atom is -0.481 e. The van der Waals surface area contributed by atoms with Crippen molar-refractivity contribution in [2.45, 2.75) is 99.7 Å². The van der Waals surface area contributed by atoms with Crippen LogP contribution in [-0.2, 0) is 28.6 Å². The molecule has 0 aromatic rings. The average Bonchev–Trinajstić information content (AvgIpc) is 2.89. The SMILES string of the molecule is CC(=O)O[C@@H]1C[C@@]23COC[C@@](C)([C@@H]2CC[C@H]2C3=CC(=O)[C@@]3(C)[C@H](C(=O)O)[C@@](C)([C@H](C)C(C)C)CC[C@]23C)[C@H]1OCCN. The van der Waals surface area contributed by atoms with E-state index in [1.807, 2.05) is 13.0 Å². The first-order valence-electron chi connectivity index (χ1n) is 16.1. The average molecular weight is 588 g/mol. The molecule has 3 saturated carbocycles. The summed E-state index contributed by atoms with van der Waals surface area (Å²) in [6.07, 6.45) is 4.89. The first-order valence-corrected chi connectivity index (χ1v) is 16.1. The van der Waals surface area contributed by atoms with Gasteiger partial charge in [0.15, 0.2) is 5.78 Å². The van der Waals surface area contributed by atoms with Gasteiger partial charge in [-0.15, -0.1) is 0 Å². The topological polar surface area (TPSA) is 125 Å². The summed E-state index contributed by atoms with van der Waals surface area (Å²) in [6.45, 7) is 18.0. The molecule has 42 heavy (non-hydrogen) atoms. The minimum atomic E-state index is -1.04. The lowest BCUT2D eigenvalue weighted by molar-refractivity contribution is -0.265. The molecule has 0 aromatic heterocycles. The van der Waals surface area contributed by atoms with Crippen LogP contribution in [0.15, 0.2) is 11.6 Å². The Morgan fingerprint density at radius 1 is 1.12 bits per heavy atom. The summed E-state index contributed by atoms with van der Waals surface area (Å²) in [6, 6.07) is 0. The second-order valence-corrected chi connectivity index (χ2v) is 15.7. The maximum atomic E-state index is 14.7. The number of aliphatic carboxylic acids is 1. The fourth-order valence-electron chi connectivity index (χ4n) is 11.2. The molecule has 4 fully saturated rings. The van der Waals surface area contributed by atoms with Crippen LogP contribution in [0, 0.1) is 56.7 Å². The fourth-order valence-corrected chi connectivity index (χ4v) is 11.2. The van der Waals surface area contributed by atoms with E-state index in [1.165, 1.54) is 6.92 Å². The molecule has 0 aromatic carbocycles. The second kappa shape index (κ2) is 10.4. The van der Waals surface area contributed by atoms with Crippen LogP contribution in [0.4, 0.5) is 0 Å². The van der Waals surface area contributed by atoms with Gasteiger partial charge in [-0.1, -0.05) is 54.0 Å². The Bertz CT molecular complexity index is 1170. The molecule has 2 bridgehead atoms. The van der Waals surface area contributed by atoms with Crippen molar-refractivity contribution >= 4 is 17.7 Å². The summed E-state index contributed by atoms with van der Waals surface area (Å²) < 4.78 is 18.7. The molecule has 4 aliphatic carbocycles. The quantitative estimate of drug-likeness (QED) is 0.398. The largest absolute Gasteiger partial charge is 0.481 e. The van der Waals surface area contributed by atoms with Crippen molar-refractivity contribution in [2.75, 3.05) is 26.4 Å². The molecular weight excluding hydrogens is 534 g/mol. The number of ether oxygens (including phenoxy) is 3. The van der Waals surface area contributed by atoms with Crippen molar-refractivity contribution in [3.05, 3.63) is 11.6 Å². The van der Waals surface area contributed by atoms with Gasteiger partial charge in [0, 0.05) is 29.7 Å². The summed E-state index contributed by atoms with van der Waals surface area (Å²) >= 11 is 0. The first kappa shape index (κ1) is 31.6. The van der Waals surface area contributed by atoms with E-state index in [9.17, 15) is 19.5 Å². The van der Waals surface area contributed by atoms with Gasteiger partial charge < -0.3 is 25.1 Å². The summed E-state index contributed by atoms with van der Waals surface area (Å²) in [5, 5.41) is 10.9. The third-order valence-corrected chi connectivity index (χ3v) is 13.7. The van der Waals surface area contributed by atoms with Gasteiger partial charge >= 0.3 is 11.9 Å². The first-order chi connectivity index (χ1) is 19.5. The normalized spacial score (nSPS) is 47.0. The van der Waals surface area contributed by atoms with Crippen molar-refractivity contribution in [3.63, 3.8) is 0 Å². The third-order valence-electron chi connectivity index (χ3n) is 13.7. The van der Waals surface area contributed by atoms with E-state index in [-0.39, 0.29) is 35.6 Å². The maximum absolute atomic E-state index is 14.7. The second-order valence-electron chi connectivity index (χ2n) is 15.7. The molecule has 8 heteroatoms. The minimum absolute atomic E-state index is 0.0441. The number of fused-ring (bicyclic) bond motifs is 3. The van der Waals surface area contributed by atoms with E-state index in [1.54, 1.807) is 0 Å². The molecule has 0 spiro atoms. The molecule has 5 rings (SSSR count). The van der Waals surface area contributed by atoms with Gasteiger partial charge in [-0.2, -0.15) is 0 Å². The Morgan fingerprint density at radius 2 is 1.81 bits per heavy atom. The lowest BCUT2D eigenvalue weighted by atomic mass is 9.34. The van der Waals surface area contributed by atoms with Crippen LogP contribution in [0.5, 0.6) is 0 Å². The van der Waals surface area contributed by atoms with Gasteiger partial charge in [0.25, 0.3) is 0 Å². The molecule has 5 aliphatic rings. The third kappa shape index (κ3) is 4.06. The Morgan fingerprint density at radius 3 is 2.40 bits per heavy atom. The van der Waals surface area contributed by atoms with E-state index in [2.05, 4.69) is 41.5 Å². The lowest BCUT2D eigenvalue weighted by Gasteiger charge is -2.70. The number of ketones is 1. The van der Waals surface area contributed by atoms with Crippen molar-refractivity contribution in [3.8, 4) is 0 Å². The number of carbonyl (C=O) groups excluding carboxylic acids is 2. The highest BCUT2D eigenvalue weighted by Gasteiger charge is 2.74. The van der Waals surface area contributed by atoms with Gasteiger partial charge in [0.1, 0.15) is 12.2 Å². The van der Waals surface area contributed by atoms with E-state index in [4.69, 9.17) is 19.9 Å². The van der Waals surface area contributed by atoms with Crippen LogP contribution >= 0.6 is 0 Å². The van der Waals surface area contributed by atoms with Crippen LogP contribution in [0.3, 0.4) is 0 Å². The van der Waals surface area contributed by atoms with Crippen LogP contribution in [0.2, 0.25) is 0 Å². The van der Waals surface area contributed by atoms with Crippen LogP contribution in [0.25, 0.3) is 0 Å². The molecule has 1 saturated heterocycles. The molecule has 1 heterocycles. The zero-order valence-electron chi connectivity index (χ0n) is 27.0. The standard InChI is InChI=1S/C34H53NO7/c1-19(2)20(3)30(5)11-12-32(7)22-9-10-25-31(6)17-40-18-34(25,16-24(42-21(4)36)28(31)41-14-13-35)23(22)15-26(37)33(32,8)27(30)29(38)39/h15,19-20,22,24-25,27-28H,9-14,16-18,35H2,1-8H3,(H,38,39)/t20-,22+,24-,25+,27-,28+,30-,31+,32-,33+,34+/m1/s1. The van der Waals surface area contributed by atoms with Crippen molar-refractivity contribution in [2.24, 2.45) is 62.4 Å². The molecule has 11 atom stereocenters. The van der Waals surface area contributed by atoms with Gasteiger partial charge in [-0.05, 0) is 72.7 Å². The summed E-state index contributed by atoms with van der Waals surface area (Å²) in [7, 11) is 0. The number of carbonyl (C=O) groups is 3. The van der Waals surface area contributed by atoms with Gasteiger partial charge in [-0.3, -0.25) is 14.4 Å². The van der Waals surface area contributed by atoms with E-state index < -0.39 is 45.1 Å². The maximum Gasteiger partial charge on any atom is 0.308 e. The molecule has 0 radical (unpaired) electrons. The van der Waals surface area contributed by atoms with E-state index in [0.29, 0.717) is 38.7 Å². The highest BCUT2D eigenvalue weighted by atomic mass is 16.6. The van der Waals surface area contributed by atoms with Crippen LogP contribution < -0.4 is 5.73 Å². The number of nitrogens with two attached hydrogens (primary N) is 1. The Balaban J connectivity index is 1.65. The van der Waals surface area contributed by atoms with Crippen molar-refractivity contribution < 1.29 is 33.7 Å². The molecular formula is C34H53NO7. The molecule has 0 unspecified atom stereocenters. The summed E-state index contributed by atoms with van der Waals surface area (Å²) in [5.74, 6) is -1.40. The van der Waals surface area contributed by atoms with Crippen LogP contribution in [-0.4, -0.2) is 61.4 Å². The monoisotopic (exact) mass is 587 g/mol. The van der Waals surface area contributed by atoms with Crippen LogP contribution in [0.1, 0.15) is 87.5 Å². The van der Waals surface area contributed by atoms with Gasteiger partial charge in [0.2, 0.25) is 0 Å². The number of carboxylic acids is 1. The number of carboxylic acid groups (broad SMARTS) is 1. The zero-order chi connectivity index (χ0) is 31.0. The van der Waals surface area contributed by atoms with E-state index >= 15 is 0 Å². The number of esters is 1. The Labute approximate surface area is 251 Å². The molecule has 8 nitrogen and oxygen atoms in total. The summed E-state index contributed by atoms with van der Waals surface area (Å²) in [4.78, 5) is 40.3. The zero-order valence-corrected chi connectivity index (χ0v) is 27.0. The van der Waals surface area contributed by atoms with Gasteiger partial charge in [-0.25, -0.2) is 0 Å².